The van der Waals surface area contributed by atoms with Crippen molar-refractivity contribution in [3.8, 4) is 0 Å². The first-order valence-corrected chi connectivity index (χ1v) is 10.7. The Labute approximate surface area is 173 Å². The number of para-hydroxylation sites is 1. The Morgan fingerprint density at radius 1 is 0.862 bits per heavy atom. The predicted molar refractivity (Wildman–Crippen MR) is 122 cm³/mol. The van der Waals surface area contributed by atoms with Crippen molar-refractivity contribution in [1.29, 1.82) is 0 Å². The van der Waals surface area contributed by atoms with E-state index in [2.05, 4.69) is 96.2 Å². The molecule has 0 fully saturated rings. The first kappa shape index (κ1) is 18.6. The van der Waals surface area contributed by atoms with E-state index in [4.69, 9.17) is 9.97 Å². The van der Waals surface area contributed by atoms with E-state index in [1.54, 1.807) is 0 Å². The van der Waals surface area contributed by atoms with E-state index in [0.29, 0.717) is 5.92 Å². The lowest BCUT2D eigenvalue weighted by molar-refractivity contribution is 0.264. The Morgan fingerprint density at radius 3 is 2.14 bits per heavy atom. The van der Waals surface area contributed by atoms with Gasteiger partial charge in [-0.05, 0) is 52.1 Å². The summed E-state index contributed by atoms with van der Waals surface area (Å²) in [5.41, 5.74) is 7.36. The van der Waals surface area contributed by atoms with E-state index >= 15 is 0 Å². The lowest BCUT2D eigenvalue weighted by Crippen LogP contribution is -2.30. The lowest BCUT2D eigenvalue weighted by atomic mass is 9.71. The van der Waals surface area contributed by atoms with Crippen molar-refractivity contribution in [3.63, 3.8) is 0 Å². The van der Waals surface area contributed by atoms with Gasteiger partial charge in [0.1, 0.15) is 11.5 Å². The van der Waals surface area contributed by atoms with Gasteiger partial charge < -0.3 is 0 Å². The molecular weight excluding hydrogens is 354 g/mol. The van der Waals surface area contributed by atoms with E-state index in [1.165, 1.54) is 16.6 Å². The van der Waals surface area contributed by atoms with E-state index in [-0.39, 0.29) is 16.2 Å². The quantitative estimate of drug-likeness (QED) is 0.344. The molecule has 150 valence electrons. The molecule has 1 aliphatic carbocycles. The number of imidazole rings is 1. The highest BCUT2D eigenvalue weighted by Crippen LogP contribution is 2.54. The van der Waals surface area contributed by atoms with Gasteiger partial charge in [-0.2, -0.15) is 0 Å². The van der Waals surface area contributed by atoms with E-state index in [9.17, 15) is 0 Å². The molecule has 2 heterocycles. The molecule has 1 unspecified atom stereocenters. The highest BCUT2D eigenvalue weighted by atomic mass is 15.1. The molecule has 2 aromatic heterocycles. The Balaban J connectivity index is 1.99. The van der Waals surface area contributed by atoms with Crippen LogP contribution in [0.2, 0.25) is 0 Å². The van der Waals surface area contributed by atoms with E-state index < -0.39 is 0 Å². The summed E-state index contributed by atoms with van der Waals surface area (Å²) in [6, 6.07) is 13.1. The fourth-order valence-electron chi connectivity index (χ4n) is 5.38. The Bertz CT molecular complexity index is 1300. The molecule has 3 nitrogen and oxygen atoms in total. The summed E-state index contributed by atoms with van der Waals surface area (Å²) in [6.45, 7) is 18.6. The predicted octanol–water partition coefficient (Wildman–Crippen LogP) is 6.54. The number of rotatable bonds is 0. The summed E-state index contributed by atoms with van der Waals surface area (Å²) in [7, 11) is 0. The van der Waals surface area contributed by atoms with Gasteiger partial charge in [-0.3, -0.25) is 4.40 Å². The molecule has 0 radical (unpaired) electrons. The SMILES string of the molecule is CC1C(C)(C)c2cc3nc4c5ccccc5nc(C(C)(C)C)n4c3cc2C1(C)C. The standard InChI is InChI=1S/C26H31N3/c1-15-25(5,6)17-13-20-21(14-18(17)26(15,7)8)29-22(27-20)16-11-9-10-12-19(16)28-23(29)24(2,3)4/h9-15H,1-8H3. The first-order chi connectivity index (χ1) is 13.4. The van der Waals surface area contributed by atoms with E-state index in [0.717, 1.165) is 27.9 Å². The minimum atomic E-state index is -0.0863. The van der Waals surface area contributed by atoms with Crippen molar-refractivity contribution in [2.24, 2.45) is 5.92 Å². The minimum Gasteiger partial charge on any atom is -0.279 e. The zero-order valence-electron chi connectivity index (χ0n) is 18.9. The zero-order valence-corrected chi connectivity index (χ0v) is 18.9. The average molecular weight is 386 g/mol. The van der Waals surface area contributed by atoms with Crippen LogP contribution in [0.25, 0.3) is 27.6 Å². The Hall–Kier alpha value is -2.42. The van der Waals surface area contributed by atoms with Gasteiger partial charge in [0.05, 0.1) is 16.6 Å². The monoisotopic (exact) mass is 385 g/mol. The Morgan fingerprint density at radius 2 is 1.48 bits per heavy atom. The summed E-state index contributed by atoms with van der Waals surface area (Å²) >= 11 is 0. The van der Waals surface area contributed by atoms with Crippen molar-refractivity contribution in [2.75, 3.05) is 0 Å². The summed E-state index contributed by atoms with van der Waals surface area (Å²) in [5, 5.41) is 1.11. The van der Waals surface area contributed by atoms with Crippen LogP contribution >= 0.6 is 0 Å². The molecule has 0 saturated carbocycles. The van der Waals surface area contributed by atoms with Crippen LogP contribution in [0.4, 0.5) is 0 Å². The fourth-order valence-corrected chi connectivity index (χ4v) is 5.38. The van der Waals surface area contributed by atoms with Crippen LogP contribution < -0.4 is 0 Å². The fraction of sp³-hybridized carbons (Fsp3) is 0.462. The third-order valence-corrected chi connectivity index (χ3v) is 7.60. The maximum Gasteiger partial charge on any atom is 0.148 e. The van der Waals surface area contributed by atoms with Crippen LogP contribution in [0.5, 0.6) is 0 Å². The summed E-state index contributed by atoms with van der Waals surface area (Å²) in [6.07, 6.45) is 0. The van der Waals surface area contributed by atoms with Gasteiger partial charge in [0.15, 0.2) is 0 Å². The zero-order chi connectivity index (χ0) is 20.9. The lowest BCUT2D eigenvalue weighted by Gasteiger charge is -2.32. The van der Waals surface area contributed by atoms with Gasteiger partial charge in [-0.1, -0.05) is 67.5 Å². The number of nitrogens with zero attached hydrogens (tertiary/aromatic N) is 3. The van der Waals surface area contributed by atoms with Crippen LogP contribution in [0.3, 0.4) is 0 Å². The molecule has 4 aromatic rings. The summed E-state index contributed by atoms with van der Waals surface area (Å²) in [4.78, 5) is 10.2. The number of aromatic nitrogens is 3. The van der Waals surface area contributed by atoms with Crippen molar-refractivity contribution in [3.05, 3.63) is 53.3 Å². The third kappa shape index (κ3) is 2.30. The number of fused-ring (bicyclic) bond motifs is 6. The molecule has 0 spiro atoms. The number of hydrogen-bond acceptors (Lipinski definition) is 2. The summed E-state index contributed by atoms with van der Waals surface area (Å²) < 4.78 is 2.31. The van der Waals surface area contributed by atoms with Crippen LogP contribution in [0.1, 0.15) is 72.3 Å². The topological polar surface area (TPSA) is 30.2 Å². The third-order valence-electron chi connectivity index (χ3n) is 7.60. The first-order valence-electron chi connectivity index (χ1n) is 10.7. The molecule has 0 saturated heterocycles. The van der Waals surface area contributed by atoms with Gasteiger partial charge in [0, 0.05) is 10.8 Å². The van der Waals surface area contributed by atoms with Gasteiger partial charge in [0.25, 0.3) is 0 Å². The number of benzene rings is 2. The molecule has 3 heteroatoms. The van der Waals surface area contributed by atoms with E-state index in [1.807, 2.05) is 0 Å². The molecule has 0 aliphatic heterocycles. The Kier molecular flexibility index (Phi) is 3.45. The molecule has 1 aliphatic rings. The molecule has 0 N–H and O–H groups in total. The molecule has 1 atom stereocenters. The molecule has 5 rings (SSSR count). The second-order valence-electron chi connectivity index (χ2n) is 11.0. The van der Waals surface area contributed by atoms with Crippen LogP contribution in [0, 0.1) is 5.92 Å². The maximum atomic E-state index is 5.16. The highest BCUT2D eigenvalue weighted by Gasteiger charge is 2.48. The largest absolute Gasteiger partial charge is 0.279 e. The van der Waals surface area contributed by atoms with Crippen LogP contribution in [-0.4, -0.2) is 14.4 Å². The molecule has 29 heavy (non-hydrogen) atoms. The van der Waals surface area contributed by atoms with Crippen molar-refractivity contribution in [1.82, 2.24) is 14.4 Å². The van der Waals surface area contributed by atoms with Gasteiger partial charge in [-0.15, -0.1) is 0 Å². The minimum absolute atomic E-state index is 0.0863. The normalized spacial score (nSPS) is 20.6. The van der Waals surface area contributed by atoms with Crippen LogP contribution in [-0.2, 0) is 16.2 Å². The smallest absolute Gasteiger partial charge is 0.148 e. The second-order valence-corrected chi connectivity index (χ2v) is 11.0. The summed E-state index contributed by atoms with van der Waals surface area (Å²) in [5.74, 6) is 1.63. The van der Waals surface area contributed by atoms with Crippen molar-refractivity contribution in [2.45, 2.75) is 71.6 Å². The molecule has 0 amide bonds. The highest BCUT2D eigenvalue weighted by molar-refractivity contribution is 5.97. The maximum absolute atomic E-state index is 5.16. The van der Waals surface area contributed by atoms with Crippen molar-refractivity contribution >= 4 is 27.6 Å². The molecule has 0 bridgehead atoms. The molecule has 2 aromatic carbocycles. The second kappa shape index (κ2) is 5.38. The van der Waals surface area contributed by atoms with Crippen molar-refractivity contribution < 1.29 is 0 Å². The number of hydrogen-bond donors (Lipinski definition) is 0. The average Bonchev–Trinajstić information content (AvgIpc) is 3.08. The van der Waals surface area contributed by atoms with Gasteiger partial charge in [-0.25, -0.2) is 9.97 Å². The van der Waals surface area contributed by atoms with Gasteiger partial charge >= 0.3 is 0 Å². The molecular formula is C26H31N3. The van der Waals surface area contributed by atoms with Crippen LogP contribution in [0.15, 0.2) is 36.4 Å². The van der Waals surface area contributed by atoms with Gasteiger partial charge in [0.2, 0.25) is 0 Å².